The molecule has 0 aromatic carbocycles. The van der Waals surface area contributed by atoms with E-state index in [-0.39, 0.29) is 5.66 Å². The van der Waals surface area contributed by atoms with Gasteiger partial charge in [-0.15, -0.1) is 0 Å². The average molecular weight is 230 g/mol. The molecule has 1 saturated heterocycles. The topological polar surface area (TPSA) is 29.0 Å². The van der Waals surface area contributed by atoms with Gasteiger partial charge < -0.3 is 5.73 Å². The van der Waals surface area contributed by atoms with E-state index >= 15 is 0 Å². The molecule has 0 radical (unpaired) electrons. The minimum absolute atomic E-state index is 0.121. The van der Waals surface area contributed by atoms with E-state index < -0.39 is 0 Å². The van der Waals surface area contributed by atoms with Crippen LogP contribution in [0.3, 0.4) is 0 Å². The third-order valence-corrected chi connectivity index (χ3v) is 4.62. The molecule has 1 aliphatic heterocycles. The van der Waals surface area contributed by atoms with Crippen LogP contribution in [0.2, 0.25) is 0 Å². The minimum atomic E-state index is -0.121. The van der Waals surface area contributed by atoms with Crippen molar-refractivity contribution >= 4 is 0 Å². The van der Waals surface area contributed by atoms with Gasteiger partial charge in [-0.3, -0.25) is 4.90 Å². The summed E-state index contributed by atoms with van der Waals surface area (Å²) in [5.41, 5.74) is 8.11. The van der Waals surface area contributed by atoms with Crippen LogP contribution in [0.4, 0.5) is 0 Å². The predicted molar refractivity (Wildman–Crippen MR) is 71.4 cm³/mol. The Bertz CT molecular complexity index is 394. The molecule has 4 atom stereocenters. The summed E-state index contributed by atoms with van der Waals surface area (Å²) >= 11 is 0. The Morgan fingerprint density at radius 2 is 2.24 bits per heavy atom. The zero-order valence-corrected chi connectivity index (χ0v) is 10.6. The van der Waals surface area contributed by atoms with E-state index in [1.54, 1.807) is 5.57 Å². The Kier molecular flexibility index (Phi) is 2.72. The normalized spacial score (nSPS) is 44.6. The first-order valence-electron chi connectivity index (χ1n) is 6.78. The Morgan fingerprint density at radius 3 is 2.88 bits per heavy atom. The van der Waals surface area contributed by atoms with E-state index in [2.05, 4.69) is 42.3 Å². The second kappa shape index (κ2) is 4.11. The van der Waals surface area contributed by atoms with Crippen molar-refractivity contribution in [2.24, 2.45) is 11.7 Å². The first-order chi connectivity index (χ1) is 8.24. The molecule has 3 aliphatic rings. The van der Waals surface area contributed by atoms with Gasteiger partial charge in [0.15, 0.2) is 0 Å². The maximum absolute atomic E-state index is 6.64. The summed E-state index contributed by atoms with van der Waals surface area (Å²) in [7, 11) is 2.17. The first-order valence-corrected chi connectivity index (χ1v) is 6.78. The number of hydrogen-bond acceptors (Lipinski definition) is 2. The highest BCUT2D eigenvalue weighted by atomic mass is 15.5. The molecule has 3 rings (SSSR count). The quantitative estimate of drug-likeness (QED) is 0.583. The van der Waals surface area contributed by atoms with Gasteiger partial charge in [0.2, 0.25) is 0 Å². The standard InChI is InChI=1S/C15H22N2/c1-17-14(12-8-4-2-5-9-12)15(17,16)13-10-6-3-7-11-13/h3,6-8,10,13-14H,2,4-5,9,11,16H2,1H3. The summed E-state index contributed by atoms with van der Waals surface area (Å²) in [5.74, 6) is 0.477. The van der Waals surface area contributed by atoms with Gasteiger partial charge in [-0.1, -0.05) is 36.0 Å². The van der Waals surface area contributed by atoms with Gasteiger partial charge in [0.1, 0.15) is 0 Å². The largest absolute Gasteiger partial charge is 0.311 e. The van der Waals surface area contributed by atoms with Crippen molar-refractivity contribution in [3.63, 3.8) is 0 Å². The summed E-state index contributed by atoms with van der Waals surface area (Å²) in [4.78, 5) is 2.36. The zero-order chi connectivity index (χ0) is 11.9. The summed E-state index contributed by atoms with van der Waals surface area (Å²) in [6.45, 7) is 0. The highest BCUT2D eigenvalue weighted by molar-refractivity contribution is 5.34. The predicted octanol–water partition coefficient (Wildman–Crippen LogP) is 2.59. The molecule has 1 heterocycles. The maximum Gasteiger partial charge on any atom is 0.0957 e. The molecule has 2 N–H and O–H groups in total. The van der Waals surface area contributed by atoms with Gasteiger partial charge in [-0.2, -0.15) is 0 Å². The van der Waals surface area contributed by atoms with Crippen LogP contribution < -0.4 is 5.73 Å². The van der Waals surface area contributed by atoms with Crippen molar-refractivity contribution in [2.45, 2.75) is 43.8 Å². The molecule has 0 amide bonds. The van der Waals surface area contributed by atoms with Gasteiger partial charge in [-0.05, 0) is 39.2 Å². The molecule has 0 aromatic heterocycles. The zero-order valence-electron chi connectivity index (χ0n) is 10.6. The molecule has 0 aromatic rings. The van der Waals surface area contributed by atoms with E-state index in [4.69, 9.17) is 5.73 Å². The van der Waals surface area contributed by atoms with Gasteiger partial charge in [0.25, 0.3) is 0 Å². The van der Waals surface area contributed by atoms with Crippen molar-refractivity contribution in [2.75, 3.05) is 7.05 Å². The van der Waals surface area contributed by atoms with Crippen LogP contribution in [-0.4, -0.2) is 23.7 Å². The van der Waals surface area contributed by atoms with Crippen molar-refractivity contribution in [1.29, 1.82) is 0 Å². The van der Waals surface area contributed by atoms with Crippen LogP contribution >= 0.6 is 0 Å². The molecule has 92 valence electrons. The van der Waals surface area contributed by atoms with Crippen LogP contribution in [0.5, 0.6) is 0 Å². The first kappa shape index (κ1) is 11.2. The Labute approximate surface area is 104 Å². The van der Waals surface area contributed by atoms with E-state index in [1.807, 2.05) is 0 Å². The molecule has 0 bridgehead atoms. The number of likely N-dealkylation sites (N-methyl/N-ethyl adjacent to an activating group) is 1. The molecule has 2 aliphatic carbocycles. The van der Waals surface area contributed by atoms with Crippen LogP contribution in [0.15, 0.2) is 36.0 Å². The smallest absolute Gasteiger partial charge is 0.0957 e. The monoisotopic (exact) mass is 230 g/mol. The second-order valence-electron chi connectivity index (χ2n) is 5.58. The van der Waals surface area contributed by atoms with Crippen LogP contribution in [0, 0.1) is 5.92 Å². The fraction of sp³-hybridized carbons (Fsp3) is 0.600. The summed E-state index contributed by atoms with van der Waals surface area (Å²) in [5, 5.41) is 0. The van der Waals surface area contributed by atoms with Crippen molar-refractivity contribution in [3.05, 3.63) is 36.0 Å². The Hall–Kier alpha value is -0.860. The SMILES string of the molecule is CN1C(C2=CCCCC2)C1(N)C1C=CC=CC1. The second-order valence-corrected chi connectivity index (χ2v) is 5.58. The lowest BCUT2D eigenvalue weighted by Gasteiger charge is -2.22. The van der Waals surface area contributed by atoms with Crippen molar-refractivity contribution in [1.82, 2.24) is 4.90 Å². The highest BCUT2D eigenvalue weighted by Gasteiger charge is 2.62. The Balaban J connectivity index is 1.78. The lowest BCUT2D eigenvalue weighted by molar-refractivity contribution is 0.376. The van der Waals surface area contributed by atoms with Gasteiger partial charge in [-0.25, -0.2) is 0 Å². The number of nitrogens with two attached hydrogens (primary N) is 1. The Morgan fingerprint density at radius 1 is 1.35 bits per heavy atom. The fourth-order valence-electron chi connectivity index (χ4n) is 3.50. The van der Waals surface area contributed by atoms with E-state index in [9.17, 15) is 0 Å². The molecule has 4 unspecified atom stereocenters. The molecule has 17 heavy (non-hydrogen) atoms. The lowest BCUT2D eigenvalue weighted by Crippen LogP contribution is -2.39. The number of nitrogens with zero attached hydrogens (tertiary/aromatic N) is 1. The minimum Gasteiger partial charge on any atom is -0.311 e. The van der Waals surface area contributed by atoms with E-state index in [0.29, 0.717) is 12.0 Å². The number of hydrogen-bond donors (Lipinski definition) is 1. The van der Waals surface area contributed by atoms with Gasteiger partial charge >= 0.3 is 0 Å². The van der Waals surface area contributed by atoms with Gasteiger partial charge in [0, 0.05) is 5.92 Å². The molecule has 0 spiro atoms. The average Bonchev–Trinajstić information content (AvgIpc) is 2.95. The highest BCUT2D eigenvalue weighted by Crippen LogP contribution is 2.49. The van der Waals surface area contributed by atoms with Crippen LogP contribution in [0.25, 0.3) is 0 Å². The fourth-order valence-corrected chi connectivity index (χ4v) is 3.50. The van der Waals surface area contributed by atoms with Crippen LogP contribution in [0.1, 0.15) is 32.1 Å². The number of allylic oxidation sites excluding steroid dienone is 4. The van der Waals surface area contributed by atoms with Crippen LogP contribution in [-0.2, 0) is 0 Å². The molecular weight excluding hydrogens is 208 g/mol. The molecule has 2 heteroatoms. The van der Waals surface area contributed by atoms with Crippen molar-refractivity contribution < 1.29 is 0 Å². The molecule has 1 fully saturated rings. The third-order valence-electron chi connectivity index (χ3n) is 4.62. The van der Waals surface area contributed by atoms with Crippen molar-refractivity contribution in [3.8, 4) is 0 Å². The third kappa shape index (κ3) is 1.71. The maximum atomic E-state index is 6.64. The summed E-state index contributed by atoms with van der Waals surface area (Å²) < 4.78 is 0. The molecule has 2 nitrogen and oxygen atoms in total. The lowest BCUT2D eigenvalue weighted by atomic mass is 9.86. The summed E-state index contributed by atoms with van der Waals surface area (Å²) in [6, 6.07) is 0.490. The molecule has 0 saturated carbocycles. The van der Waals surface area contributed by atoms with E-state index in [0.717, 1.165) is 6.42 Å². The van der Waals surface area contributed by atoms with Gasteiger partial charge in [0.05, 0.1) is 11.7 Å². The summed E-state index contributed by atoms with van der Waals surface area (Å²) in [6.07, 6.45) is 17.5. The number of rotatable bonds is 2. The molecular formula is C15H22N2. The van der Waals surface area contributed by atoms with E-state index in [1.165, 1.54) is 25.7 Å².